The zero-order valence-electron chi connectivity index (χ0n) is 9.88. The van der Waals surface area contributed by atoms with Crippen LogP contribution in [0.3, 0.4) is 0 Å². The van der Waals surface area contributed by atoms with Gasteiger partial charge in [0.1, 0.15) is 5.56 Å². The highest BCUT2D eigenvalue weighted by Gasteiger charge is 2.22. The van der Waals surface area contributed by atoms with Crippen molar-refractivity contribution in [1.82, 2.24) is 0 Å². The molecule has 96 valence electrons. The highest BCUT2D eigenvalue weighted by atomic mass is 16.6. The molecule has 1 aromatic carbocycles. The number of carboxylic acid groups (broad SMARTS) is 1. The summed E-state index contributed by atoms with van der Waals surface area (Å²) in [6, 6.07) is 3.79. The van der Waals surface area contributed by atoms with E-state index in [4.69, 9.17) is 9.84 Å². The molecule has 0 spiro atoms. The van der Waals surface area contributed by atoms with Crippen molar-refractivity contribution in [1.29, 1.82) is 0 Å². The van der Waals surface area contributed by atoms with E-state index >= 15 is 0 Å². The van der Waals surface area contributed by atoms with Gasteiger partial charge in [0.15, 0.2) is 0 Å². The van der Waals surface area contributed by atoms with Gasteiger partial charge < -0.3 is 9.84 Å². The fourth-order valence-corrected chi connectivity index (χ4v) is 1.32. The molecular weight excluding hydrogens is 238 g/mol. The number of nitro groups is 1. The van der Waals surface area contributed by atoms with E-state index < -0.39 is 10.9 Å². The summed E-state index contributed by atoms with van der Waals surface area (Å²) in [5.41, 5.74) is 0.285. The number of hydrogen-bond acceptors (Lipinski definition) is 4. The third kappa shape index (κ3) is 3.31. The van der Waals surface area contributed by atoms with Gasteiger partial charge in [0.05, 0.1) is 11.5 Å². The summed E-state index contributed by atoms with van der Waals surface area (Å²) in [6.07, 6.45) is 0.505. The van der Waals surface area contributed by atoms with Crippen molar-refractivity contribution in [2.45, 2.75) is 13.3 Å². The molecule has 0 atom stereocenters. The number of para-hydroxylation sites is 1. The molecule has 0 aromatic heterocycles. The van der Waals surface area contributed by atoms with Crippen molar-refractivity contribution in [3.8, 4) is 5.75 Å². The van der Waals surface area contributed by atoms with Gasteiger partial charge in [-0.3, -0.25) is 10.1 Å². The van der Waals surface area contributed by atoms with Crippen LogP contribution in [0.15, 0.2) is 30.4 Å². The highest BCUT2D eigenvalue weighted by molar-refractivity contribution is 5.92. The predicted molar refractivity (Wildman–Crippen MR) is 65.0 cm³/mol. The highest BCUT2D eigenvalue weighted by Crippen LogP contribution is 2.31. The van der Waals surface area contributed by atoms with E-state index in [-0.39, 0.29) is 23.6 Å². The molecule has 0 aliphatic heterocycles. The molecule has 18 heavy (non-hydrogen) atoms. The molecule has 1 rings (SSSR count). The molecule has 0 radical (unpaired) electrons. The molecule has 0 saturated heterocycles. The Morgan fingerprint density at radius 1 is 1.56 bits per heavy atom. The predicted octanol–water partition coefficient (Wildman–Crippen LogP) is 2.64. The molecule has 1 N–H and O–H groups in total. The number of rotatable bonds is 6. The number of nitro benzene ring substituents is 1. The van der Waals surface area contributed by atoms with Crippen molar-refractivity contribution in [3.63, 3.8) is 0 Å². The largest absolute Gasteiger partial charge is 0.486 e. The number of aromatic carboxylic acids is 1. The van der Waals surface area contributed by atoms with E-state index in [0.29, 0.717) is 6.42 Å². The summed E-state index contributed by atoms with van der Waals surface area (Å²) in [4.78, 5) is 21.1. The summed E-state index contributed by atoms with van der Waals surface area (Å²) >= 11 is 0. The summed E-state index contributed by atoms with van der Waals surface area (Å²) < 4.78 is 5.22. The van der Waals surface area contributed by atoms with Crippen LogP contribution in [0, 0.1) is 10.1 Å². The van der Waals surface area contributed by atoms with Gasteiger partial charge in [0, 0.05) is 12.5 Å². The van der Waals surface area contributed by atoms with Gasteiger partial charge in [0.25, 0.3) is 0 Å². The van der Waals surface area contributed by atoms with Crippen LogP contribution in [0.2, 0.25) is 0 Å². The number of ether oxygens (including phenoxy) is 1. The Morgan fingerprint density at radius 2 is 2.22 bits per heavy atom. The first kappa shape index (κ1) is 13.7. The van der Waals surface area contributed by atoms with Crippen molar-refractivity contribution in [2.24, 2.45) is 0 Å². The average molecular weight is 251 g/mol. The zero-order valence-corrected chi connectivity index (χ0v) is 9.88. The van der Waals surface area contributed by atoms with Crippen molar-refractivity contribution in [2.75, 3.05) is 6.61 Å². The number of benzene rings is 1. The standard InChI is InChI=1S/C12H13NO5/c1-8(2)6-7-18-11-9(12(14)15)4-3-5-10(11)13(16)17/h3-5H,1,6-7H2,2H3,(H,14,15). The lowest BCUT2D eigenvalue weighted by Gasteiger charge is -2.09. The quantitative estimate of drug-likeness (QED) is 0.477. The minimum Gasteiger partial charge on any atom is -0.486 e. The first-order valence-corrected chi connectivity index (χ1v) is 5.21. The van der Waals surface area contributed by atoms with Crippen molar-refractivity contribution in [3.05, 3.63) is 46.0 Å². The van der Waals surface area contributed by atoms with E-state index in [9.17, 15) is 14.9 Å². The smallest absolute Gasteiger partial charge is 0.339 e. The first-order valence-electron chi connectivity index (χ1n) is 5.21. The van der Waals surface area contributed by atoms with Gasteiger partial charge in [-0.25, -0.2) is 4.79 Å². The topological polar surface area (TPSA) is 89.7 Å². The lowest BCUT2D eigenvalue weighted by atomic mass is 10.1. The van der Waals surface area contributed by atoms with Crippen LogP contribution in [0.1, 0.15) is 23.7 Å². The van der Waals surface area contributed by atoms with Crippen molar-refractivity contribution >= 4 is 11.7 Å². The van der Waals surface area contributed by atoms with Gasteiger partial charge >= 0.3 is 11.7 Å². The van der Waals surface area contributed by atoms with Crippen LogP contribution in [0.25, 0.3) is 0 Å². The normalized spacial score (nSPS) is 9.83. The second-order valence-electron chi connectivity index (χ2n) is 3.77. The fraction of sp³-hybridized carbons (Fsp3) is 0.250. The number of nitrogens with zero attached hydrogens (tertiary/aromatic N) is 1. The van der Waals surface area contributed by atoms with Crippen LogP contribution in [-0.2, 0) is 0 Å². The summed E-state index contributed by atoms with van der Waals surface area (Å²) in [6.45, 7) is 5.62. The Hall–Kier alpha value is -2.37. The van der Waals surface area contributed by atoms with Crippen LogP contribution in [0.4, 0.5) is 5.69 Å². The third-order valence-electron chi connectivity index (χ3n) is 2.20. The van der Waals surface area contributed by atoms with E-state index in [1.54, 1.807) is 6.92 Å². The molecule has 0 aliphatic carbocycles. The molecule has 1 aromatic rings. The molecule has 0 heterocycles. The van der Waals surface area contributed by atoms with E-state index in [2.05, 4.69) is 6.58 Å². The lowest BCUT2D eigenvalue weighted by molar-refractivity contribution is -0.385. The Balaban J connectivity index is 3.07. The number of carbonyl (C=O) groups is 1. The Bertz CT molecular complexity index is 463. The summed E-state index contributed by atoms with van der Waals surface area (Å²) in [7, 11) is 0. The van der Waals surface area contributed by atoms with Crippen LogP contribution in [-0.4, -0.2) is 22.6 Å². The molecule has 0 fully saturated rings. The van der Waals surface area contributed by atoms with Gasteiger partial charge in [-0.15, -0.1) is 6.58 Å². The van der Waals surface area contributed by atoms with Gasteiger partial charge in [-0.2, -0.15) is 0 Å². The van der Waals surface area contributed by atoms with Gasteiger partial charge in [0.2, 0.25) is 5.75 Å². The fourth-order valence-electron chi connectivity index (χ4n) is 1.32. The van der Waals surface area contributed by atoms with Crippen LogP contribution < -0.4 is 4.74 Å². The number of carboxylic acids is 1. The second kappa shape index (κ2) is 5.81. The molecule has 0 amide bonds. The zero-order chi connectivity index (χ0) is 13.7. The Kier molecular flexibility index (Phi) is 4.42. The SMILES string of the molecule is C=C(C)CCOc1c(C(=O)O)cccc1[N+](=O)[O-]. The third-order valence-corrected chi connectivity index (χ3v) is 2.20. The van der Waals surface area contributed by atoms with E-state index in [1.807, 2.05) is 0 Å². The summed E-state index contributed by atoms with van der Waals surface area (Å²) in [5.74, 6) is -1.47. The maximum atomic E-state index is 11.0. The minimum atomic E-state index is -1.26. The molecule has 0 saturated carbocycles. The second-order valence-corrected chi connectivity index (χ2v) is 3.77. The van der Waals surface area contributed by atoms with Crippen molar-refractivity contribution < 1.29 is 19.6 Å². The van der Waals surface area contributed by atoms with Crippen LogP contribution >= 0.6 is 0 Å². The minimum absolute atomic E-state index is 0.153. The average Bonchev–Trinajstić information content (AvgIpc) is 2.28. The molecule has 0 aliphatic rings. The number of hydrogen-bond donors (Lipinski definition) is 1. The monoisotopic (exact) mass is 251 g/mol. The van der Waals surface area contributed by atoms with E-state index in [1.165, 1.54) is 18.2 Å². The molecule has 6 nitrogen and oxygen atoms in total. The van der Waals surface area contributed by atoms with Crippen LogP contribution in [0.5, 0.6) is 5.75 Å². The van der Waals surface area contributed by atoms with Gasteiger partial charge in [-0.05, 0) is 13.0 Å². The molecule has 0 unspecified atom stereocenters. The Labute approximate surface area is 104 Å². The first-order chi connectivity index (χ1) is 8.43. The lowest BCUT2D eigenvalue weighted by Crippen LogP contribution is -2.07. The maximum absolute atomic E-state index is 11.0. The maximum Gasteiger partial charge on any atom is 0.339 e. The molecule has 0 bridgehead atoms. The summed E-state index contributed by atoms with van der Waals surface area (Å²) in [5, 5.41) is 19.8. The molecular formula is C12H13NO5. The Morgan fingerprint density at radius 3 is 2.72 bits per heavy atom. The van der Waals surface area contributed by atoms with E-state index in [0.717, 1.165) is 5.57 Å². The van der Waals surface area contributed by atoms with Gasteiger partial charge in [-0.1, -0.05) is 11.6 Å². The molecule has 6 heteroatoms.